The van der Waals surface area contributed by atoms with E-state index in [1.807, 2.05) is 30.5 Å². The molecule has 2 aliphatic rings. The van der Waals surface area contributed by atoms with E-state index in [0.717, 1.165) is 29.9 Å². The largest absolute Gasteiger partial charge is 0.383 e. The molecule has 2 aliphatic heterocycles. The molecule has 0 aliphatic carbocycles. The quantitative estimate of drug-likeness (QED) is 0.887. The maximum Gasteiger partial charge on any atom is 0.322 e. The van der Waals surface area contributed by atoms with Crippen molar-refractivity contribution < 1.29 is 14.3 Å². The van der Waals surface area contributed by atoms with Gasteiger partial charge >= 0.3 is 6.03 Å². The number of methoxy groups -OCH3 is 1. The molecule has 0 aromatic carbocycles. The summed E-state index contributed by atoms with van der Waals surface area (Å²) in [5, 5.41) is 7.50. The average Bonchev–Trinajstić information content (AvgIpc) is 3.03. The molecule has 2 atom stereocenters. The first-order chi connectivity index (χ1) is 11.9. The number of ether oxygens (including phenoxy) is 1. The van der Waals surface area contributed by atoms with Crippen LogP contribution in [0.2, 0.25) is 0 Å². The zero-order valence-electron chi connectivity index (χ0n) is 15.4. The van der Waals surface area contributed by atoms with Gasteiger partial charge in [0.15, 0.2) is 0 Å². The minimum Gasteiger partial charge on any atom is -0.383 e. The van der Waals surface area contributed by atoms with Crippen LogP contribution in [0.4, 0.5) is 10.5 Å². The molecule has 0 spiro atoms. The summed E-state index contributed by atoms with van der Waals surface area (Å²) in [6.07, 6.45) is 1.73. The summed E-state index contributed by atoms with van der Waals surface area (Å²) in [5.41, 5.74) is 2.45. The van der Waals surface area contributed by atoms with Crippen LogP contribution >= 0.6 is 0 Å². The summed E-state index contributed by atoms with van der Waals surface area (Å²) < 4.78 is 6.95. The first-order valence-electron chi connectivity index (χ1n) is 8.79. The third kappa shape index (κ3) is 3.22. The van der Waals surface area contributed by atoms with Crippen LogP contribution in [0.25, 0.3) is 0 Å². The zero-order valence-corrected chi connectivity index (χ0v) is 15.4. The Morgan fingerprint density at radius 3 is 2.88 bits per heavy atom. The number of aromatic nitrogens is 2. The molecule has 0 saturated carbocycles. The Kier molecular flexibility index (Phi) is 4.99. The SMILES string of the molecule is COCCn1nc(C)c(NC(=O)N2CCC[C@H]3C(=O)N(C)C[C@H]32)c1C. The van der Waals surface area contributed by atoms with Crippen molar-refractivity contribution in [1.29, 1.82) is 0 Å². The lowest BCUT2D eigenvalue weighted by Crippen LogP contribution is -2.50. The summed E-state index contributed by atoms with van der Waals surface area (Å²) in [4.78, 5) is 28.7. The van der Waals surface area contributed by atoms with Crippen molar-refractivity contribution in [2.75, 3.05) is 39.2 Å². The molecule has 3 amide bonds. The molecular formula is C17H27N5O3. The van der Waals surface area contributed by atoms with E-state index in [0.29, 0.717) is 26.2 Å². The van der Waals surface area contributed by atoms with Crippen molar-refractivity contribution in [3.8, 4) is 0 Å². The molecule has 3 rings (SSSR count). The molecule has 2 saturated heterocycles. The monoisotopic (exact) mass is 349 g/mol. The number of nitrogens with zero attached hydrogens (tertiary/aromatic N) is 4. The maximum absolute atomic E-state index is 12.9. The number of hydrogen-bond acceptors (Lipinski definition) is 4. The third-order valence-corrected chi connectivity index (χ3v) is 5.31. The van der Waals surface area contributed by atoms with Gasteiger partial charge in [-0.3, -0.25) is 9.48 Å². The van der Waals surface area contributed by atoms with E-state index in [1.54, 1.807) is 12.0 Å². The summed E-state index contributed by atoms with van der Waals surface area (Å²) in [6, 6.07) is -0.175. The fourth-order valence-corrected chi connectivity index (χ4v) is 3.93. The average molecular weight is 349 g/mol. The Hall–Kier alpha value is -2.09. The van der Waals surface area contributed by atoms with Crippen molar-refractivity contribution in [1.82, 2.24) is 19.6 Å². The number of rotatable bonds is 4. The fourth-order valence-electron chi connectivity index (χ4n) is 3.93. The topological polar surface area (TPSA) is 79.7 Å². The van der Waals surface area contributed by atoms with Crippen molar-refractivity contribution in [3.63, 3.8) is 0 Å². The van der Waals surface area contributed by atoms with Gasteiger partial charge in [-0.1, -0.05) is 0 Å². The van der Waals surface area contributed by atoms with Crippen LogP contribution in [-0.4, -0.2) is 71.4 Å². The first kappa shape index (κ1) is 17.7. The number of aryl methyl sites for hydroxylation is 1. The molecule has 1 N–H and O–H groups in total. The van der Waals surface area contributed by atoms with Gasteiger partial charge in [0.05, 0.1) is 42.2 Å². The Morgan fingerprint density at radius 2 is 2.16 bits per heavy atom. The third-order valence-electron chi connectivity index (χ3n) is 5.31. The second kappa shape index (κ2) is 7.03. The van der Waals surface area contributed by atoms with E-state index in [1.165, 1.54) is 0 Å². The highest BCUT2D eigenvalue weighted by Gasteiger charge is 2.45. The number of fused-ring (bicyclic) bond motifs is 1. The molecule has 0 bridgehead atoms. The van der Waals surface area contributed by atoms with Crippen molar-refractivity contribution >= 4 is 17.6 Å². The van der Waals surface area contributed by atoms with Crippen LogP contribution in [0.15, 0.2) is 0 Å². The minimum absolute atomic E-state index is 0.0320. The van der Waals surface area contributed by atoms with Gasteiger partial charge in [-0.2, -0.15) is 5.10 Å². The van der Waals surface area contributed by atoms with E-state index in [2.05, 4.69) is 10.4 Å². The van der Waals surface area contributed by atoms with Gasteiger partial charge in [0, 0.05) is 27.2 Å². The van der Waals surface area contributed by atoms with Gasteiger partial charge < -0.3 is 19.9 Å². The predicted octanol–water partition coefficient (Wildman–Crippen LogP) is 1.23. The number of piperidine rings is 1. The molecule has 1 aromatic rings. The maximum atomic E-state index is 12.9. The van der Waals surface area contributed by atoms with E-state index in [4.69, 9.17) is 4.74 Å². The molecule has 0 unspecified atom stereocenters. The summed E-state index contributed by atoms with van der Waals surface area (Å²) in [6.45, 7) is 6.34. The standard InChI is InChI=1S/C17H27N5O3/c1-11-15(12(2)22(19-11)8-9-25-4)18-17(24)21-7-5-6-13-14(21)10-20(3)16(13)23/h13-14H,5-10H2,1-4H3,(H,18,24)/t13-,14-/m1/s1. The number of amides is 3. The van der Waals surface area contributed by atoms with Gasteiger partial charge in [0.25, 0.3) is 0 Å². The van der Waals surface area contributed by atoms with Crippen LogP contribution in [0.5, 0.6) is 0 Å². The minimum atomic E-state index is -0.143. The normalized spacial score (nSPS) is 23.1. The lowest BCUT2D eigenvalue weighted by atomic mass is 9.92. The number of likely N-dealkylation sites (N-methyl/N-ethyl adjacent to an activating group) is 1. The van der Waals surface area contributed by atoms with Crippen molar-refractivity contribution in [2.45, 2.75) is 39.3 Å². The Balaban J connectivity index is 1.74. The molecular weight excluding hydrogens is 322 g/mol. The van der Waals surface area contributed by atoms with Crippen LogP contribution in [0, 0.1) is 19.8 Å². The van der Waals surface area contributed by atoms with E-state index >= 15 is 0 Å². The van der Waals surface area contributed by atoms with Crippen molar-refractivity contribution in [3.05, 3.63) is 11.4 Å². The predicted molar refractivity (Wildman–Crippen MR) is 93.5 cm³/mol. The van der Waals surface area contributed by atoms with Gasteiger partial charge in [-0.25, -0.2) is 4.79 Å². The number of hydrogen-bond donors (Lipinski definition) is 1. The van der Waals surface area contributed by atoms with Gasteiger partial charge in [0.1, 0.15) is 0 Å². The smallest absolute Gasteiger partial charge is 0.322 e. The van der Waals surface area contributed by atoms with Crippen molar-refractivity contribution in [2.24, 2.45) is 5.92 Å². The van der Waals surface area contributed by atoms with Crippen LogP contribution < -0.4 is 5.32 Å². The lowest BCUT2D eigenvalue weighted by Gasteiger charge is -2.35. The molecule has 138 valence electrons. The lowest BCUT2D eigenvalue weighted by molar-refractivity contribution is -0.130. The number of carbonyl (C=O) groups is 2. The summed E-state index contributed by atoms with van der Waals surface area (Å²) in [5.74, 6) is 0.0957. The second-order valence-electron chi connectivity index (χ2n) is 6.92. The summed E-state index contributed by atoms with van der Waals surface area (Å²) in [7, 11) is 3.46. The molecule has 2 fully saturated rings. The zero-order chi connectivity index (χ0) is 18.1. The van der Waals surface area contributed by atoms with E-state index in [-0.39, 0.29) is 23.9 Å². The fraction of sp³-hybridized carbons (Fsp3) is 0.706. The molecule has 8 heteroatoms. The number of likely N-dealkylation sites (tertiary alicyclic amines) is 2. The Morgan fingerprint density at radius 1 is 1.40 bits per heavy atom. The highest BCUT2D eigenvalue weighted by Crippen LogP contribution is 2.31. The number of nitrogens with one attached hydrogen (secondary N) is 1. The highest BCUT2D eigenvalue weighted by atomic mass is 16.5. The van der Waals surface area contributed by atoms with Crippen LogP contribution in [-0.2, 0) is 16.1 Å². The molecule has 0 radical (unpaired) electrons. The molecule has 25 heavy (non-hydrogen) atoms. The van der Waals surface area contributed by atoms with Gasteiger partial charge in [-0.15, -0.1) is 0 Å². The molecule has 8 nitrogen and oxygen atoms in total. The van der Waals surface area contributed by atoms with Crippen LogP contribution in [0.1, 0.15) is 24.2 Å². The van der Waals surface area contributed by atoms with Gasteiger partial charge in [-0.05, 0) is 26.7 Å². The van der Waals surface area contributed by atoms with Gasteiger partial charge in [0.2, 0.25) is 5.91 Å². The van der Waals surface area contributed by atoms with E-state index < -0.39 is 0 Å². The number of carbonyl (C=O) groups excluding carboxylic acids is 2. The number of urea groups is 1. The Labute approximate surface area is 148 Å². The second-order valence-corrected chi connectivity index (χ2v) is 6.92. The molecule has 1 aromatic heterocycles. The Bertz CT molecular complexity index is 671. The molecule has 3 heterocycles. The first-order valence-corrected chi connectivity index (χ1v) is 8.79. The van der Waals surface area contributed by atoms with E-state index in [9.17, 15) is 9.59 Å². The van der Waals surface area contributed by atoms with Crippen LogP contribution in [0.3, 0.4) is 0 Å². The number of anilines is 1. The highest BCUT2D eigenvalue weighted by molar-refractivity contribution is 5.92. The summed E-state index contributed by atoms with van der Waals surface area (Å²) >= 11 is 0.